The zero-order valence-corrected chi connectivity index (χ0v) is 19.7. The van der Waals surface area contributed by atoms with Crippen LogP contribution in [-0.2, 0) is 19.2 Å². The van der Waals surface area contributed by atoms with Crippen LogP contribution in [0.15, 0.2) is 29.8 Å². The summed E-state index contributed by atoms with van der Waals surface area (Å²) < 4.78 is 5.60. The molecule has 3 fully saturated rings. The molecule has 180 valence electrons. The van der Waals surface area contributed by atoms with Crippen molar-refractivity contribution in [2.45, 2.75) is 39.5 Å². The molecule has 34 heavy (non-hydrogen) atoms. The lowest BCUT2D eigenvalue weighted by atomic mass is 9.57. The number of allylic oxidation sites excluding steroid dienone is 2. The van der Waals surface area contributed by atoms with Crippen LogP contribution >= 0.6 is 0 Å². The largest absolute Gasteiger partial charge is 0.504 e. The van der Waals surface area contributed by atoms with Gasteiger partial charge in [-0.1, -0.05) is 17.7 Å². The molecule has 1 aromatic carbocycles. The van der Waals surface area contributed by atoms with Gasteiger partial charge in [-0.3, -0.25) is 29.0 Å². The minimum absolute atomic E-state index is 0.00589. The highest BCUT2D eigenvalue weighted by Gasteiger charge is 2.61. The maximum Gasteiger partial charge on any atom is 0.234 e. The highest BCUT2D eigenvalue weighted by molar-refractivity contribution is 6.07. The fourth-order valence-corrected chi connectivity index (χ4v) is 6.71. The van der Waals surface area contributed by atoms with Crippen LogP contribution in [0.2, 0.25) is 0 Å². The summed E-state index contributed by atoms with van der Waals surface area (Å²) in [6.07, 6.45) is 2.86. The van der Waals surface area contributed by atoms with E-state index in [0.717, 1.165) is 11.1 Å². The van der Waals surface area contributed by atoms with Gasteiger partial charge in [0.15, 0.2) is 11.5 Å². The number of ether oxygens (including phenoxy) is 1. The molecule has 0 bridgehead atoms. The predicted molar refractivity (Wildman–Crippen MR) is 122 cm³/mol. The molecular formula is C26H30N2O6. The van der Waals surface area contributed by atoms with Gasteiger partial charge in [0.25, 0.3) is 0 Å². The first-order valence-corrected chi connectivity index (χ1v) is 12.2. The molecule has 1 saturated carbocycles. The third-order valence-electron chi connectivity index (χ3n) is 8.11. The Hall–Kier alpha value is -3.16. The number of phenolic OH excluding ortho intramolecular Hbond substituents is 1. The second-order valence-corrected chi connectivity index (χ2v) is 9.53. The van der Waals surface area contributed by atoms with Crippen molar-refractivity contribution in [1.29, 1.82) is 0 Å². The van der Waals surface area contributed by atoms with Crippen LogP contribution < -0.4 is 4.74 Å². The van der Waals surface area contributed by atoms with Crippen LogP contribution in [0.25, 0.3) is 0 Å². The predicted octanol–water partition coefficient (Wildman–Crippen LogP) is 2.47. The summed E-state index contributed by atoms with van der Waals surface area (Å²) in [5.74, 6) is -3.10. The number of amides is 4. The number of benzene rings is 1. The Kier molecular flexibility index (Phi) is 5.49. The quantitative estimate of drug-likeness (QED) is 0.528. The zero-order chi connectivity index (χ0) is 24.3. The Morgan fingerprint density at radius 3 is 2.18 bits per heavy atom. The van der Waals surface area contributed by atoms with Crippen LogP contribution in [0.3, 0.4) is 0 Å². The van der Waals surface area contributed by atoms with E-state index in [2.05, 4.69) is 0 Å². The molecule has 6 unspecified atom stereocenters. The minimum atomic E-state index is -0.569. The molecule has 4 amide bonds. The van der Waals surface area contributed by atoms with E-state index < -0.39 is 29.6 Å². The van der Waals surface area contributed by atoms with Crippen molar-refractivity contribution in [2.24, 2.45) is 29.6 Å². The number of nitrogens with zero attached hydrogens (tertiary/aromatic N) is 2. The van der Waals surface area contributed by atoms with Crippen LogP contribution in [0.5, 0.6) is 11.5 Å². The average molecular weight is 467 g/mol. The fourth-order valence-electron chi connectivity index (χ4n) is 6.71. The Balaban J connectivity index is 1.64. The lowest BCUT2D eigenvalue weighted by Crippen LogP contribution is -2.43. The van der Waals surface area contributed by atoms with Gasteiger partial charge < -0.3 is 9.84 Å². The van der Waals surface area contributed by atoms with E-state index in [1.54, 1.807) is 32.0 Å². The SMILES string of the molecule is CCOc1cc(C2C3=CCC4C(=O)N(CC)C(=O)C4C3CC3C(=O)N(CC)C(=O)C32)ccc1O. The molecule has 0 spiro atoms. The van der Waals surface area contributed by atoms with Gasteiger partial charge >= 0.3 is 0 Å². The van der Waals surface area contributed by atoms with Crippen LogP contribution in [-0.4, -0.2) is 58.2 Å². The van der Waals surface area contributed by atoms with Crippen molar-refractivity contribution in [3.05, 3.63) is 35.4 Å². The van der Waals surface area contributed by atoms with Crippen molar-refractivity contribution >= 4 is 23.6 Å². The average Bonchev–Trinajstić information content (AvgIpc) is 3.22. The lowest BCUT2D eigenvalue weighted by molar-refractivity contribution is -0.141. The summed E-state index contributed by atoms with van der Waals surface area (Å²) >= 11 is 0. The van der Waals surface area contributed by atoms with Crippen molar-refractivity contribution in [3.63, 3.8) is 0 Å². The van der Waals surface area contributed by atoms with Gasteiger partial charge in [0.2, 0.25) is 23.6 Å². The van der Waals surface area contributed by atoms with Gasteiger partial charge in [-0.2, -0.15) is 0 Å². The monoisotopic (exact) mass is 466 g/mol. The Morgan fingerprint density at radius 1 is 0.882 bits per heavy atom. The van der Waals surface area contributed by atoms with Crippen LogP contribution in [0.4, 0.5) is 0 Å². The summed E-state index contributed by atoms with van der Waals surface area (Å²) in [4.78, 5) is 55.5. The summed E-state index contributed by atoms with van der Waals surface area (Å²) in [5.41, 5.74) is 1.72. The molecule has 2 saturated heterocycles. The topological polar surface area (TPSA) is 104 Å². The lowest BCUT2D eigenvalue weighted by Gasteiger charge is -2.44. The summed E-state index contributed by atoms with van der Waals surface area (Å²) in [6, 6.07) is 5.05. The highest BCUT2D eigenvalue weighted by atomic mass is 16.5. The van der Waals surface area contributed by atoms with Gasteiger partial charge in [-0.05, 0) is 57.2 Å². The number of hydrogen-bond donors (Lipinski definition) is 1. The van der Waals surface area contributed by atoms with Crippen LogP contribution in [0.1, 0.15) is 45.1 Å². The fraction of sp³-hybridized carbons (Fsp3) is 0.538. The number of imide groups is 2. The molecule has 8 nitrogen and oxygen atoms in total. The van der Waals surface area contributed by atoms with E-state index in [1.165, 1.54) is 9.80 Å². The highest BCUT2D eigenvalue weighted by Crippen LogP contribution is 2.58. The van der Waals surface area contributed by atoms with Crippen molar-refractivity contribution in [2.75, 3.05) is 19.7 Å². The number of carbonyl (C=O) groups excluding carboxylic acids is 4. The normalized spacial score (nSPS) is 32.5. The van der Waals surface area contributed by atoms with E-state index in [-0.39, 0.29) is 35.3 Å². The van der Waals surface area contributed by atoms with Crippen LogP contribution in [0, 0.1) is 29.6 Å². The number of rotatable bonds is 5. The van der Waals surface area contributed by atoms with Crippen molar-refractivity contribution in [1.82, 2.24) is 9.80 Å². The molecule has 5 rings (SSSR count). The maximum atomic E-state index is 13.4. The first-order valence-electron chi connectivity index (χ1n) is 12.2. The van der Waals surface area contributed by atoms with E-state index >= 15 is 0 Å². The number of phenols is 1. The smallest absolute Gasteiger partial charge is 0.234 e. The minimum Gasteiger partial charge on any atom is -0.504 e. The second kappa shape index (κ2) is 8.25. The number of hydrogen-bond acceptors (Lipinski definition) is 6. The van der Waals surface area contributed by atoms with Gasteiger partial charge in [0.1, 0.15) is 0 Å². The first-order chi connectivity index (χ1) is 16.3. The molecule has 8 heteroatoms. The Bertz CT molecular complexity index is 1110. The molecule has 0 radical (unpaired) electrons. The standard InChI is InChI=1S/C26H30N2O6/c1-4-27-23(30)15-9-8-14-16(21(15)25(27)32)12-17-22(26(33)28(5-2)24(17)31)20(14)13-7-10-18(29)19(11-13)34-6-3/h7-8,10-11,15-17,20-22,29H,4-6,9,12H2,1-3H3. The van der Waals surface area contributed by atoms with Gasteiger partial charge in [0, 0.05) is 19.0 Å². The molecule has 2 heterocycles. The van der Waals surface area contributed by atoms with E-state index in [4.69, 9.17) is 4.74 Å². The molecule has 4 aliphatic rings. The van der Waals surface area contributed by atoms with Crippen molar-refractivity contribution in [3.8, 4) is 11.5 Å². The Labute approximate surface area is 198 Å². The molecule has 1 N–H and O–H groups in total. The van der Waals surface area contributed by atoms with Gasteiger partial charge in [-0.25, -0.2) is 0 Å². The first kappa shape index (κ1) is 22.6. The van der Waals surface area contributed by atoms with Gasteiger partial charge in [0.05, 0.1) is 30.3 Å². The molecule has 1 aromatic rings. The van der Waals surface area contributed by atoms with Crippen molar-refractivity contribution < 1.29 is 29.0 Å². The summed E-state index contributed by atoms with van der Waals surface area (Å²) in [7, 11) is 0. The van der Waals surface area contributed by atoms with E-state index in [1.807, 2.05) is 13.0 Å². The molecule has 6 atom stereocenters. The number of aromatic hydroxyl groups is 1. The molecule has 2 aliphatic heterocycles. The van der Waals surface area contributed by atoms with Gasteiger partial charge in [-0.15, -0.1) is 0 Å². The third kappa shape index (κ3) is 3.03. The number of likely N-dealkylation sites (tertiary alicyclic amines) is 2. The van der Waals surface area contributed by atoms with E-state index in [9.17, 15) is 24.3 Å². The zero-order valence-electron chi connectivity index (χ0n) is 19.7. The number of fused-ring (bicyclic) bond motifs is 4. The second-order valence-electron chi connectivity index (χ2n) is 9.53. The molecular weight excluding hydrogens is 436 g/mol. The molecule has 0 aromatic heterocycles. The summed E-state index contributed by atoms with van der Waals surface area (Å²) in [5, 5.41) is 10.2. The number of carbonyl (C=O) groups is 4. The van der Waals surface area contributed by atoms with E-state index in [0.29, 0.717) is 38.3 Å². The Morgan fingerprint density at radius 2 is 1.53 bits per heavy atom. The summed E-state index contributed by atoms with van der Waals surface area (Å²) in [6.45, 7) is 6.41. The molecule has 2 aliphatic carbocycles. The maximum absolute atomic E-state index is 13.4. The third-order valence-corrected chi connectivity index (χ3v) is 8.11.